The summed E-state index contributed by atoms with van der Waals surface area (Å²) < 4.78 is 28.4. The van der Waals surface area contributed by atoms with Crippen LogP contribution in [-0.4, -0.2) is 79.5 Å². The summed E-state index contributed by atoms with van der Waals surface area (Å²) in [6, 6.07) is 0. The van der Waals surface area contributed by atoms with Crippen molar-refractivity contribution in [3.8, 4) is 0 Å². The zero-order valence-corrected chi connectivity index (χ0v) is 19.5. The summed E-state index contributed by atoms with van der Waals surface area (Å²) in [5.74, 6) is -1.87. The van der Waals surface area contributed by atoms with E-state index in [2.05, 4.69) is 26.1 Å². The van der Waals surface area contributed by atoms with E-state index in [1.54, 1.807) is 0 Å². The van der Waals surface area contributed by atoms with Crippen molar-refractivity contribution in [2.45, 2.75) is 44.2 Å². The molecule has 3 aliphatic rings. The molecular formula is C22H32F2N8O3. The Balaban J connectivity index is 1.44. The molecule has 2 atom stereocenters. The zero-order valence-electron chi connectivity index (χ0n) is 19.5. The molecule has 0 aliphatic carbocycles. The molecular weight excluding hydrogens is 462 g/mol. The number of hydrogen-bond donors (Lipinski definition) is 4. The normalized spacial score (nSPS) is 25.4. The monoisotopic (exact) mass is 494 g/mol. The molecule has 2 unspecified atom stereocenters. The Morgan fingerprint density at radius 1 is 1.26 bits per heavy atom. The van der Waals surface area contributed by atoms with Crippen LogP contribution in [0.4, 0.5) is 20.2 Å². The van der Waals surface area contributed by atoms with Gasteiger partial charge in [-0.25, -0.2) is 8.78 Å². The minimum absolute atomic E-state index is 0.00222. The smallest absolute Gasteiger partial charge is 0.234 e. The second-order valence-electron chi connectivity index (χ2n) is 9.39. The van der Waals surface area contributed by atoms with Gasteiger partial charge in [0.1, 0.15) is 17.8 Å². The molecule has 0 radical (unpaired) electrons. The lowest BCUT2D eigenvalue weighted by molar-refractivity contribution is -0.128. The predicted octanol–water partition coefficient (Wildman–Crippen LogP) is 0.522. The fourth-order valence-corrected chi connectivity index (χ4v) is 5.08. The molecule has 0 saturated carbocycles. The van der Waals surface area contributed by atoms with Crippen LogP contribution in [0.2, 0.25) is 0 Å². The predicted molar refractivity (Wildman–Crippen MR) is 126 cm³/mol. The number of anilines is 2. The lowest BCUT2D eigenvalue weighted by Gasteiger charge is -2.36. The van der Waals surface area contributed by atoms with E-state index in [1.165, 1.54) is 6.20 Å². The number of halogens is 2. The van der Waals surface area contributed by atoms with Crippen molar-refractivity contribution in [1.82, 2.24) is 20.5 Å². The van der Waals surface area contributed by atoms with Crippen LogP contribution >= 0.6 is 0 Å². The maximum absolute atomic E-state index is 14.9. The van der Waals surface area contributed by atoms with Gasteiger partial charge in [-0.3, -0.25) is 25.2 Å². The summed E-state index contributed by atoms with van der Waals surface area (Å²) in [6.45, 7) is 2.62. The molecule has 3 fully saturated rings. The van der Waals surface area contributed by atoms with Gasteiger partial charge in [-0.05, 0) is 25.2 Å². The number of alkyl halides is 1. The van der Waals surface area contributed by atoms with Crippen molar-refractivity contribution in [2.75, 3.05) is 49.5 Å². The van der Waals surface area contributed by atoms with Crippen molar-refractivity contribution >= 4 is 23.2 Å². The lowest BCUT2D eigenvalue weighted by atomic mass is 9.95. The van der Waals surface area contributed by atoms with E-state index in [-0.39, 0.29) is 30.4 Å². The number of rotatable bonds is 8. The Morgan fingerprint density at radius 3 is 2.60 bits per heavy atom. The third-order valence-corrected chi connectivity index (χ3v) is 6.98. The third-order valence-electron chi connectivity index (χ3n) is 6.98. The van der Waals surface area contributed by atoms with E-state index in [1.807, 2.05) is 9.80 Å². The van der Waals surface area contributed by atoms with Gasteiger partial charge >= 0.3 is 0 Å². The lowest BCUT2D eigenvalue weighted by Crippen LogP contribution is -2.62. The fraction of sp³-hybridized carbons (Fsp3) is 0.682. The van der Waals surface area contributed by atoms with Gasteiger partial charge in [0.2, 0.25) is 11.8 Å². The molecule has 5 N–H and O–H groups in total. The molecule has 1 aromatic heterocycles. The van der Waals surface area contributed by atoms with E-state index in [0.717, 1.165) is 32.0 Å². The highest BCUT2D eigenvalue weighted by atomic mass is 19.1. The largest absolute Gasteiger partial charge is 0.367 e. The van der Waals surface area contributed by atoms with Gasteiger partial charge in [0, 0.05) is 45.7 Å². The SMILES string of the molecule is NC(N=O)C(C(=O)Nc1cncc(F)c1N1CCC(CN2CCCC2=O)CC1)C1NCC(F)CN1. The zero-order chi connectivity index (χ0) is 24.9. The molecule has 4 rings (SSSR count). The Bertz CT molecular complexity index is 922. The summed E-state index contributed by atoms with van der Waals surface area (Å²) in [4.78, 5) is 43.9. The van der Waals surface area contributed by atoms with Crippen LogP contribution in [0.25, 0.3) is 0 Å². The number of carbonyl (C=O) groups excluding carboxylic acids is 2. The summed E-state index contributed by atoms with van der Waals surface area (Å²) in [5.41, 5.74) is 6.17. The number of likely N-dealkylation sites (tertiary alicyclic amines) is 1. The van der Waals surface area contributed by atoms with Crippen LogP contribution in [0.15, 0.2) is 17.6 Å². The summed E-state index contributed by atoms with van der Waals surface area (Å²) in [5, 5.41) is 11.1. The molecule has 4 heterocycles. The minimum atomic E-state index is -1.40. The van der Waals surface area contributed by atoms with Crippen LogP contribution in [0.1, 0.15) is 25.7 Å². The highest BCUT2D eigenvalue weighted by molar-refractivity contribution is 5.96. The maximum Gasteiger partial charge on any atom is 0.234 e. The van der Waals surface area contributed by atoms with Gasteiger partial charge < -0.3 is 20.9 Å². The first-order valence-corrected chi connectivity index (χ1v) is 12.0. The third kappa shape index (κ3) is 5.90. The summed E-state index contributed by atoms with van der Waals surface area (Å²) in [7, 11) is 0. The Labute approximate surface area is 202 Å². The topological polar surface area (TPSA) is 145 Å². The first-order valence-electron chi connectivity index (χ1n) is 12.0. The van der Waals surface area contributed by atoms with Crippen molar-refractivity contribution < 1.29 is 18.4 Å². The second-order valence-corrected chi connectivity index (χ2v) is 9.39. The molecule has 3 aliphatic heterocycles. The second kappa shape index (κ2) is 11.3. The highest BCUT2D eigenvalue weighted by Crippen LogP contribution is 2.33. The Kier molecular flexibility index (Phi) is 8.19. The number of nitrogens with one attached hydrogen (secondary N) is 3. The van der Waals surface area contributed by atoms with Gasteiger partial charge in [-0.1, -0.05) is 5.18 Å². The molecule has 0 aromatic carbocycles. The summed E-state index contributed by atoms with van der Waals surface area (Å²) in [6.07, 6.45) is 2.18. The standard InChI is InChI=1S/C22H32F2N8O3/c23-14-8-27-21(28-9-14)18(20(25)30-35)22(34)29-16-11-26-10-15(24)19(16)31-6-3-13(4-7-31)12-32-5-1-2-17(32)33/h10-11,13-14,18,20-21,27-28H,1-9,12,25H2,(H,29,34). The van der Waals surface area contributed by atoms with Gasteiger partial charge in [0.25, 0.3) is 0 Å². The van der Waals surface area contributed by atoms with Crippen LogP contribution < -0.4 is 26.6 Å². The van der Waals surface area contributed by atoms with Gasteiger partial charge in [-0.2, -0.15) is 0 Å². The number of aromatic nitrogens is 1. The number of nitrogens with two attached hydrogens (primary N) is 1. The van der Waals surface area contributed by atoms with E-state index < -0.39 is 36.1 Å². The average Bonchev–Trinajstić information content (AvgIpc) is 3.25. The van der Waals surface area contributed by atoms with Crippen molar-refractivity contribution in [3.05, 3.63) is 23.1 Å². The van der Waals surface area contributed by atoms with Gasteiger partial charge in [-0.15, -0.1) is 4.91 Å². The molecule has 192 valence electrons. The van der Waals surface area contributed by atoms with E-state index >= 15 is 0 Å². The number of hydrogen-bond acceptors (Lipinski definition) is 9. The quantitative estimate of drug-likeness (QED) is 0.383. The minimum Gasteiger partial charge on any atom is -0.367 e. The number of nitrogens with zero attached hydrogens (tertiary/aromatic N) is 4. The fourth-order valence-electron chi connectivity index (χ4n) is 5.08. The molecule has 0 spiro atoms. The molecule has 1 aromatic rings. The molecule has 13 heteroatoms. The molecule has 11 nitrogen and oxygen atoms in total. The van der Waals surface area contributed by atoms with Gasteiger partial charge in [0.05, 0.1) is 24.2 Å². The Hall–Kier alpha value is -2.77. The van der Waals surface area contributed by atoms with E-state index in [9.17, 15) is 23.3 Å². The van der Waals surface area contributed by atoms with Crippen LogP contribution in [-0.2, 0) is 9.59 Å². The Morgan fingerprint density at radius 2 is 1.97 bits per heavy atom. The number of pyridine rings is 1. The number of carbonyl (C=O) groups is 2. The molecule has 0 bridgehead atoms. The highest BCUT2D eigenvalue weighted by Gasteiger charge is 2.38. The van der Waals surface area contributed by atoms with Crippen molar-refractivity contribution in [3.63, 3.8) is 0 Å². The molecule has 2 amide bonds. The average molecular weight is 495 g/mol. The number of piperidine rings is 1. The van der Waals surface area contributed by atoms with E-state index in [0.29, 0.717) is 32.0 Å². The number of amides is 2. The first-order chi connectivity index (χ1) is 16.9. The molecule has 35 heavy (non-hydrogen) atoms. The van der Waals surface area contributed by atoms with Crippen LogP contribution in [0.3, 0.4) is 0 Å². The van der Waals surface area contributed by atoms with Crippen LogP contribution in [0, 0.1) is 22.6 Å². The summed E-state index contributed by atoms with van der Waals surface area (Å²) >= 11 is 0. The van der Waals surface area contributed by atoms with Crippen molar-refractivity contribution in [2.24, 2.45) is 22.7 Å². The maximum atomic E-state index is 14.9. The van der Waals surface area contributed by atoms with Crippen molar-refractivity contribution in [1.29, 1.82) is 0 Å². The van der Waals surface area contributed by atoms with E-state index in [4.69, 9.17) is 5.73 Å². The van der Waals surface area contributed by atoms with Crippen LogP contribution in [0.5, 0.6) is 0 Å². The van der Waals surface area contributed by atoms with Gasteiger partial charge in [0.15, 0.2) is 12.0 Å². The first kappa shape index (κ1) is 25.3. The number of nitroso groups, excluding NO2 is 1. The molecule has 3 saturated heterocycles.